The maximum Gasteiger partial charge on any atom is 0.250 e. The van der Waals surface area contributed by atoms with Crippen molar-refractivity contribution < 1.29 is 13.6 Å². The molecule has 0 aliphatic heterocycles. The summed E-state index contributed by atoms with van der Waals surface area (Å²) in [6.45, 7) is 1.67. The van der Waals surface area contributed by atoms with Crippen LogP contribution in [0.4, 0.5) is 25.8 Å². The number of amides is 1. The Bertz CT molecular complexity index is 735. The highest BCUT2D eigenvalue weighted by Crippen LogP contribution is 2.29. The second-order valence-corrected chi connectivity index (χ2v) is 5.34. The zero-order chi connectivity index (χ0) is 15.7. The SMILES string of the molecule is Cc1cc(F)c(Br)cc1Nc1cc(C(N)=O)c(N)cc1F. The van der Waals surface area contributed by atoms with Gasteiger partial charge in [0.1, 0.15) is 11.6 Å². The topological polar surface area (TPSA) is 81.1 Å². The predicted molar refractivity (Wildman–Crippen MR) is 81.5 cm³/mol. The largest absolute Gasteiger partial charge is 0.398 e. The minimum atomic E-state index is -0.757. The van der Waals surface area contributed by atoms with Crippen molar-refractivity contribution in [2.24, 2.45) is 5.73 Å². The number of nitrogen functional groups attached to an aromatic ring is 1. The van der Waals surface area contributed by atoms with E-state index in [1.165, 1.54) is 18.2 Å². The molecule has 1 amide bonds. The van der Waals surface area contributed by atoms with Gasteiger partial charge in [0.2, 0.25) is 0 Å². The number of aryl methyl sites for hydroxylation is 1. The lowest BCUT2D eigenvalue weighted by atomic mass is 10.1. The van der Waals surface area contributed by atoms with Crippen molar-refractivity contribution in [3.63, 3.8) is 0 Å². The summed E-state index contributed by atoms with van der Waals surface area (Å²) < 4.78 is 27.5. The lowest BCUT2D eigenvalue weighted by Crippen LogP contribution is -2.14. The number of nitrogens with one attached hydrogen (secondary N) is 1. The van der Waals surface area contributed by atoms with E-state index in [0.717, 1.165) is 6.07 Å². The molecule has 7 heteroatoms. The van der Waals surface area contributed by atoms with Crippen LogP contribution in [0.15, 0.2) is 28.7 Å². The van der Waals surface area contributed by atoms with Crippen LogP contribution in [0.3, 0.4) is 0 Å². The molecule has 2 aromatic carbocycles. The standard InChI is InChI=1S/C14H12BrF2N3O/c1-6-2-9(16)8(15)4-12(6)20-13-3-7(14(19)21)11(18)5-10(13)17/h2-5,20H,18H2,1H3,(H2,19,21). The summed E-state index contributed by atoms with van der Waals surface area (Å²) in [5, 5.41) is 2.80. The molecule has 0 aliphatic rings. The fraction of sp³-hybridized carbons (Fsp3) is 0.0714. The molecular formula is C14H12BrF2N3O. The van der Waals surface area contributed by atoms with Crippen LogP contribution in [0, 0.1) is 18.6 Å². The van der Waals surface area contributed by atoms with Gasteiger partial charge < -0.3 is 16.8 Å². The number of rotatable bonds is 3. The Kier molecular flexibility index (Phi) is 4.13. The third-order valence-corrected chi connectivity index (χ3v) is 3.55. The summed E-state index contributed by atoms with van der Waals surface area (Å²) >= 11 is 3.06. The van der Waals surface area contributed by atoms with Gasteiger partial charge in [-0.1, -0.05) is 0 Å². The first kappa shape index (κ1) is 15.2. The van der Waals surface area contributed by atoms with Crippen molar-refractivity contribution in [2.75, 3.05) is 11.1 Å². The van der Waals surface area contributed by atoms with E-state index in [4.69, 9.17) is 11.5 Å². The van der Waals surface area contributed by atoms with Crippen LogP contribution >= 0.6 is 15.9 Å². The molecule has 2 rings (SSSR count). The molecule has 5 N–H and O–H groups in total. The first-order valence-electron chi connectivity index (χ1n) is 5.91. The van der Waals surface area contributed by atoms with E-state index in [2.05, 4.69) is 21.2 Å². The number of hydrogen-bond acceptors (Lipinski definition) is 3. The highest BCUT2D eigenvalue weighted by atomic mass is 79.9. The average Bonchev–Trinajstić information content (AvgIpc) is 2.38. The number of halogens is 3. The van der Waals surface area contributed by atoms with Crippen molar-refractivity contribution in [1.29, 1.82) is 0 Å². The Morgan fingerprint density at radius 3 is 2.43 bits per heavy atom. The number of primary amides is 1. The molecule has 0 heterocycles. The van der Waals surface area contributed by atoms with Gasteiger partial charge in [-0.3, -0.25) is 4.79 Å². The van der Waals surface area contributed by atoms with Gasteiger partial charge in [0.15, 0.2) is 0 Å². The minimum absolute atomic E-state index is 0.0118. The zero-order valence-corrected chi connectivity index (χ0v) is 12.6. The monoisotopic (exact) mass is 355 g/mol. The van der Waals surface area contributed by atoms with Gasteiger partial charge in [-0.05, 0) is 52.7 Å². The van der Waals surface area contributed by atoms with Crippen LogP contribution in [0.5, 0.6) is 0 Å². The fourth-order valence-corrected chi connectivity index (χ4v) is 2.17. The quantitative estimate of drug-likeness (QED) is 0.737. The van der Waals surface area contributed by atoms with Crippen molar-refractivity contribution >= 4 is 38.9 Å². The van der Waals surface area contributed by atoms with Crippen molar-refractivity contribution in [2.45, 2.75) is 6.92 Å². The van der Waals surface area contributed by atoms with E-state index in [0.29, 0.717) is 11.3 Å². The minimum Gasteiger partial charge on any atom is -0.398 e. The van der Waals surface area contributed by atoms with E-state index >= 15 is 0 Å². The van der Waals surface area contributed by atoms with Gasteiger partial charge >= 0.3 is 0 Å². The molecule has 4 nitrogen and oxygen atoms in total. The maximum atomic E-state index is 13.9. The molecular weight excluding hydrogens is 344 g/mol. The highest BCUT2D eigenvalue weighted by Gasteiger charge is 2.13. The maximum absolute atomic E-state index is 13.9. The first-order valence-corrected chi connectivity index (χ1v) is 6.70. The van der Waals surface area contributed by atoms with E-state index in [-0.39, 0.29) is 21.4 Å². The Labute approximate surface area is 128 Å². The van der Waals surface area contributed by atoms with Gasteiger partial charge in [0.05, 0.1) is 15.7 Å². The third-order valence-electron chi connectivity index (χ3n) is 2.94. The second kappa shape index (κ2) is 5.69. The number of nitrogens with two attached hydrogens (primary N) is 2. The number of carbonyl (C=O) groups is 1. The molecule has 0 saturated carbocycles. The molecule has 0 fully saturated rings. The third kappa shape index (κ3) is 3.13. The van der Waals surface area contributed by atoms with Crippen LogP contribution in [-0.2, 0) is 0 Å². The first-order chi connectivity index (χ1) is 9.79. The summed E-state index contributed by atoms with van der Waals surface area (Å²) in [6.07, 6.45) is 0. The molecule has 2 aromatic rings. The number of anilines is 3. The summed E-state index contributed by atoms with van der Waals surface area (Å²) in [7, 11) is 0. The highest BCUT2D eigenvalue weighted by molar-refractivity contribution is 9.10. The lowest BCUT2D eigenvalue weighted by Gasteiger charge is -2.13. The molecule has 0 saturated heterocycles. The van der Waals surface area contributed by atoms with Gasteiger partial charge in [0, 0.05) is 11.4 Å². The number of benzene rings is 2. The molecule has 0 radical (unpaired) electrons. The summed E-state index contributed by atoms with van der Waals surface area (Å²) in [4.78, 5) is 11.2. The molecule has 0 bridgehead atoms. The zero-order valence-electron chi connectivity index (χ0n) is 11.0. The molecule has 0 spiro atoms. The summed E-state index contributed by atoms with van der Waals surface area (Å²) in [6, 6.07) is 5.01. The van der Waals surface area contributed by atoms with Gasteiger partial charge in [0.25, 0.3) is 5.91 Å². The Hall–Kier alpha value is -2.15. The van der Waals surface area contributed by atoms with E-state index < -0.39 is 17.5 Å². The van der Waals surface area contributed by atoms with Gasteiger partial charge in [-0.15, -0.1) is 0 Å². The Morgan fingerprint density at radius 2 is 1.81 bits per heavy atom. The Balaban J connectivity index is 2.47. The second-order valence-electron chi connectivity index (χ2n) is 4.49. The van der Waals surface area contributed by atoms with Gasteiger partial charge in [-0.25, -0.2) is 8.78 Å². The van der Waals surface area contributed by atoms with Crippen molar-refractivity contribution in [3.05, 3.63) is 51.5 Å². The smallest absolute Gasteiger partial charge is 0.250 e. The van der Waals surface area contributed by atoms with Crippen LogP contribution in [0.2, 0.25) is 0 Å². The molecule has 0 aromatic heterocycles. The predicted octanol–water partition coefficient (Wildman–Crippen LogP) is 3.46. The normalized spacial score (nSPS) is 10.5. The van der Waals surface area contributed by atoms with E-state index in [1.807, 2.05) is 0 Å². The van der Waals surface area contributed by atoms with Crippen molar-refractivity contribution in [1.82, 2.24) is 0 Å². The molecule has 110 valence electrons. The van der Waals surface area contributed by atoms with E-state index in [1.54, 1.807) is 6.92 Å². The van der Waals surface area contributed by atoms with Crippen LogP contribution in [-0.4, -0.2) is 5.91 Å². The fourth-order valence-electron chi connectivity index (χ4n) is 1.82. The lowest BCUT2D eigenvalue weighted by molar-refractivity contribution is 0.100. The van der Waals surface area contributed by atoms with Crippen LogP contribution in [0.25, 0.3) is 0 Å². The summed E-state index contributed by atoms with van der Waals surface area (Å²) in [5.74, 6) is -1.82. The Morgan fingerprint density at radius 1 is 1.14 bits per heavy atom. The molecule has 21 heavy (non-hydrogen) atoms. The number of carbonyl (C=O) groups excluding carboxylic acids is 1. The van der Waals surface area contributed by atoms with Gasteiger partial charge in [-0.2, -0.15) is 0 Å². The van der Waals surface area contributed by atoms with Crippen LogP contribution < -0.4 is 16.8 Å². The van der Waals surface area contributed by atoms with E-state index in [9.17, 15) is 13.6 Å². The molecule has 0 atom stereocenters. The molecule has 0 unspecified atom stereocenters. The average molecular weight is 356 g/mol. The number of hydrogen-bond donors (Lipinski definition) is 3. The summed E-state index contributed by atoms with van der Waals surface area (Å²) in [5.41, 5.74) is 11.8. The van der Waals surface area contributed by atoms with Crippen molar-refractivity contribution in [3.8, 4) is 0 Å². The van der Waals surface area contributed by atoms with Crippen LogP contribution in [0.1, 0.15) is 15.9 Å². The molecule has 0 aliphatic carbocycles.